The number of hydrogen-bond donors (Lipinski definition) is 0. The van der Waals surface area contributed by atoms with Gasteiger partial charge in [0.1, 0.15) is 0 Å². The molecule has 3 rings (SSSR count). The summed E-state index contributed by atoms with van der Waals surface area (Å²) in [4.78, 5) is 0. The molecule has 0 fully saturated rings. The zero-order valence-corrected chi connectivity index (χ0v) is 13.3. The van der Waals surface area contributed by atoms with Gasteiger partial charge in [-0.3, -0.25) is 0 Å². The molecule has 0 bridgehead atoms. The van der Waals surface area contributed by atoms with Crippen LogP contribution in [0.5, 0.6) is 0 Å². The van der Waals surface area contributed by atoms with Crippen molar-refractivity contribution in [2.45, 2.75) is 0 Å². The maximum Gasteiger partial charge on any atom is 0.0785 e. The smallest absolute Gasteiger partial charge is 0.0785 e. The summed E-state index contributed by atoms with van der Waals surface area (Å²) in [6, 6.07) is 21.8. The third kappa shape index (κ3) is 2.80. The Morgan fingerprint density at radius 3 is 1.67 bits per heavy atom. The van der Waals surface area contributed by atoms with Crippen LogP contribution in [0.4, 0.5) is 0 Å². The first-order chi connectivity index (χ1) is 10.2. The van der Waals surface area contributed by atoms with Crippen molar-refractivity contribution in [1.82, 2.24) is 0 Å². The van der Waals surface area contributed by atoms with Gasteiger partial charge in [-0.25, -0.2) is 0 Å². The molecule has 3 aromatic rings. The van der Waals surface area contributed by atoms with Gasteiger partial charge in [-0.05, 0) is 22.8 Å². The highest BCUT2D eigenvalue weighted by Gasteiger charge is 2.17. The third-order valence-corrected chi connectivity index (χ3v) is 4.57. The second-order valence-corrected chi connectivity index (χ2v) is 5.80. The fourth-order valence-electron chi connectivity index (χ4n) is 2.33. The van der Waals surface area contributed by atoms with E-state index in [0.29, 0.717) is 15.1 Å². The van der Waals surface area contributed by atoms with E-state index in [2.05, 4.69) is 0 Å². The molecule has 104 valence electrons. The second kappa shape index (κ2) is 6.11. The minimum absolute atomic E-state index is 0.386. The highest BCUT2D eigenvalue weighted by Crippen LogP contribution is 2.44. The van der Waals surface area contributed by atoms with Crippen LogP contribution in [0.15, 0.2) is 66.7 Å². The third-order valence-electron chi connectivity index (χ3n) is 3.31. The highest BCUT2D eigenvalue weighted by molar-refractivity contribution is 6.49. The Morgan fingerprint density at radius 1 is 0.571 bits per heavy atom. The zero-order valence-electron chi connectivity index (χ0n) is 11.0. The fraction of sp³-hybridized carbons (Fsp3) is 0. The molecule has 0 aromatic heterocycles. The van der Waals surface area contributed by atoms with Crippen molar-refractivity contribution in [2.75, 3.05) is 0 Å². The van der Waals surface area contributed by atoms with Crippen molar-refractivity contribution in [3.63, 3.8) is 0 Å². The quantitative estimate of drug-likeness (QED) is 0.444. The molecule has 3 heteroatoms. The van der Waals surface area contributed by atoms with E-state index in [1.807, 2.05) is 66.7 Å². The normalized spacial score (nSPS) is 10.6. The Morgan fingerprint density at radius 2 is 1.10 bits per heavy atom. The van der Waals surface area contributed by atoms with Gasteiger partial charge in [-0.15, -0.1) is 0 Å². The number of benzene rings is 3. The van der Waals surface area contributed by atoms with Crippen molar-refractivity contribution >= 4 is 34.8 Å². The van der Waals surface area contributed by atoms with Gasteiger partial charge in [0.15, 0.2) is 0 Å². The molecule has 0 unspecified atom stereocenters. The monoisotopic (exact) mass is 332 g/mol. The summed E-state index contributed by atoms with van der Waals surface area (Å²) in [6.07, 6.45) is 0. The standard InChI is InChI=1S/C18H11Cl3/c19-15-11-14(12-7-3-1-4-8-12)16(18(21)17(15)20)13-9-5-2-6-10-13/h1-11H. The minimum Gasteiger partial charge on any atom is -0.0826 e. The summed E-state index contributed by atoms with van der Waals surface area (Å²) >= 11 is 18.9. The van der Waals surface area contributed by atoms with E-state index in [1.165, 1.54) is 0 Å². The van der Waals surface area contributed by atoms with Crippen LogP contribution in [0.2, 0.25) is 15.1 Å². The highest BCUT2D eigenvalue weighted by atomic mass is 35.5. The topological polar surface area (TPSA) is 0 Å². The van der Waals surface area contributed by atoms with Gasteiger partial charge in [0.05, 0.1) is 15.1 Å². The molecule has 0 N–H and O–H groups in total. The summed E-state index contributed by atoms with van der Waals surface area (Å²) < 4.78 is 0. The molecule has 0 radical (unpaired) electrons. The lowest BCUT2D eigenvalue weighted by Crippen LogP contribution is -1.89. The zero-order chi connectivity index (χ0) is 14.8. The van der Waals surface area contributed by atoms with E-state index >= 15 is 0 Å². The van der Waals surface area contributed by atoms with Crippen LogP contribution in [0.3, 0.4) is 0 Å². The van der Waals surface area contributed by atoms with Crippen LogP contribution in [0.1, 0.15) is 0 Å². The first-order valence-electron chi connectivity index (χ1n) is 6.47. The summed E-state index contributed by atoms with van der Waals surface area (Å²) in [7, 11) is 0. The van der Waals surface area contributed by atoms with Crippen molar-refractivity contribution in [3.8, 4) is 22.3 Å². The van der Waals surface area contributed by atoms with Gasteiger partial charge >= 0.3 is 0 Å². The maximum absolute atomic E-state index is 6.47. The Hall–Kier alpha value is -1.47. The fourth-order valence-corrected chi connectivity index (χ4v) is 3.04. The molecule has 0 heterocycles. The average molecular weight is 334 g/mol. The number of halogens is 3. The Bertz CT molecular complexity index is 765. The Balaban J connectivity index is 2.34. The largest absolute Gasteiger partial charge is 0.0826 e. The van der Waals surface area contributed by atoms with Crippen molar-refractivity contribution in [3.05, 3.63) is 81.8 Å². The number of rotatable bonds is 2. The Labute approximate surface area is 138 Å². The van der Waals surface area contributed by atoms with Gasteiger partial charge < -0.3 is 0 Å². The molecular formula is C18H11Cl3. The molecule has 0 aliphatic carbocycles. The molecule has 0 nitrogen and oxygen atoms in total. The summed E-state index contributed by atoms with van der Waals surface area (Å²) in [5.74, 6) is 0. The van der Waals surface area contributed by atoms with E-state index < -0.39 is 0 Å². The molecule has 0 saturated heterocycles. The average Bonchev–Trinajstić information content (AvgIpc) is 2.54. The van der Waals surface area contributed by atoms with Crippen LogP contribution in [0, 0.1) is 0 Å². The van der Waals surface area contributed by atoms with Gasteiger partial charge in [-0.2, -0.15) is 0 Å². The molecule has 0 atom stereocenters. The van der Waals surface area contributed by atoms with E-state index in [9.17, 15) is 0 Å². The van der Waals surface area contributed by atoms with E-state index in [1.54, 1.807) is 0 Å². The molecule has 0 spiro atoms. The van der Waals surface area contributed by atoms with Crippen LogP contribution in [-0.2, 0) is 0 Å². The lowest BCUT2D eigenvalue weighted by atomic mass is 9.94. The van der Waals surface area contributed by atoms with Crippen molar-refractivity contribution < 1.29 is 0 Å². The van der Waals surface area contributed by atoms with Crippen molar-refractivity contribution in [2.24, 2.45) is 0 Å². The van der Waals surface area contributed by atoms with Gasteiger partial charge in [-0.1, -0.05) is 95.5 Å². The molecule has 0 aliphatic heterocycles. The molecule has 3 aromatic carbocycles. The van der Waals surface area contributed by atoms with Crippen LogP contribution < -0.4 is 0 Å². The van der Waals surface area contributed by atoms with E-state index in [4.69, 9.17) is 34.8 Å². The lowest BCUT2D eigenvalue weighted by molar-refractivity contribution is 1.58. The van der Waals surface area contributed by atoms with E-state index in [0.717, 1.165) is 22.3 Å². The molecular weight excluding hydrogens is 323 g/mol. The summed E-state index contributed by atoms with van der Waals surface area (Å²) in [5, 5.41) is 1.33. The predicted octanol–water partition coefficient (Wildman–Crippen LogP) is 6.98. The Kier molecular flexibility index (Phi) is 4.21. The minimum atomic E-state index is 0.386. The van der Waals surface area contributed by atoms with Crippen molar-refractivity contribution in [1.29, 1.82) is 0 Å². The SMILES string of the molecule is Clc1cc(-c2ccccc2)c(-c2ccccc2)c(Cl)c1Cl. The number of hydrogen-bond acceptors (Lipinski definition) is 0. The first-order valence-corrected chi connectivity index (χ1v) is 7.60. The van der Waals surface area contributed by atoms with Gasteiger partial charge in [0.25, 0.3) is 0 Å². The first kappa shape index (κ1) is 14.5. The molecule has 0 amide bonds. The summed E-state index contributed by atoms with van der Waals surface area (Å²) in [6.45, 7) is 0. The predicted molar refractivity (Wildman–Crippen MR) is 92.3 cm³/mol. The molecule has 0 aliphatic rings. The van der Waals surface area contributed by atoms with Gasteiger partial charge in [0, 0.05) is 5.56 Å². The maximum atomic E-state index is 6.47. The molecule has 21 heavy (non-hydrogen) atoms. The van der Waals surface area contributed by atoms with Crippen LogP contribution in [0.25, 0.3) is 22.3 Å². The second-order valence-electron chi connectivity index (χ2n) is 4.64. The summed E-state index contributed by atoms with van der Waals surface area (Å²) in [5.41, 5.74) is 3.94. The lowest BCUT2D eigenvalue weighted by Gasteiger charge is -2.15. The van der Waals surface area contributed by atoms with Gasteiger partial charge in [0.2, 0.25) is 0 Å². The molecule has 0 saturated carbocycles. The van der Waals surface area contributed by atoms with Crippen LogP contribution >= 0.6 is 34.8 Å². The van der Waals surface area contributed by atoms with Crippen LogP contribution in [-0.4, -0.2) is 0 Å². The van der Waals surface area contributed by atoms with E-state index in [-0.39, 0.29) is 0 Å².